The molecule has 0 radical (unpaired) electrons. The third-order valence-electron chi connectivity index (χ3n) is 5.88. The minimum atomic E-state index is -0.309. The molecule has 2 atom stereocenters. The number of furan rings is 1. The van der Waals surface area contributed by atoms with Gasteiger partial charge in [0.1, 0.15) is 23.4 Å². The van der Waals surface area contributed by atoms with E-state index in [-0.39, 0.29) is 30.2 Å². The summed E-state index contributed by atoms with van der Waals surface area (Å²) in [6.07, 6.45) is 1.98. The zero-order valence-electron chi connectivity index (χ0n) is 18.7. The molecule has 35 heavy (non-hydrogen) atoms. The molecule has 1 amide bonds. The van der Waals surface area contributed by atoms with Crippen LogP contribution in [0.1, 0.15) is 30.0 Å². The van der Waals surface area contributed by atoms with Gasteiger partial charge in [0.2, 0.25) is 5.91 Å². The second-order valence-corrected chi connectivity index (χ2v) is 8.58. The Kier molecular flexibility index (Phi) is 6.54. The van der Waals surface area contributed by atoms with Crippen LogP contribution in [-0.2, 0) is 4.79 Å². The van der Waals surface area contributed by atoms with Crippen LogP contribution in [0.25, 0.3) is 11.3 Å². The van der Waals surface area contributed by atoms with Gasteiger partial charge in [0.25, 0.3) is 0 Å². The van der Waals surface area contributed by atoms with E-state index in [1.807, 2.05) is 65.6 Å². The number of hydrogen-bond acceptors (Lipinski definition) is 4. The maximum atomic E-state index is 13.4. The number of pyridine rings is 1. The van der Waals surface area contributed by atoms with Gasteiger partial charge in [-0.15, -0.1) is 0 Å². The summed E-state index contributed by atoms with van der Waals surface area (Å²) in [7, 11) is 0. The zero-order valence-corrected chi connectivity index (χ0v) is 19.5. The molecule has 5 rings (SSSR count). The van der Waals surface area contributed by atoms with E-state index in [1.54, 1.807) is 18.3 Å². The number of carbonyl (C=O) groups excluding carboxylic acids is 1. The van der Waals surface area contributed by atoms with Crippen molar-refractivity contribution in [3.8, 4) is 11.3 Å². The van der Waals surface area contributed by atoms with Crippen molar-refractivity contribution in [1.29, 1.82) is 0 Å². The van der Waals surface area contributed by atoms with Crippen molar-refractivity contribution in [2.45, 2.75) is 18.5 Å². The second kappa shape index (κ2) is 10.1. The third-order valence-corrected chi connectivity index (χ3v) is 6.23. The largest absolute Gasteiger partial charge is 0.459 e. The molecular formula is C27H23FN4O2S. The Balaban J connectivity index is 1.40. The Morgan fingerprint density at radius 1 is 1.03 bits per heavy atom. The van der Waals surface area contributed by atoms with Crippen molar-refractivity contribution in [3.05, 3.63) is 108 Å². The van der Waals surface area contributed by atoms with Gasteiger partial charge in [-0.2, -0.15) is 0 Å². The summed E-state index contributed by atoms with van der Waals surface area (Å²) in [4.78, 5) is 19.1. The highest BCUT2D eigenvalue weighted by molar-refractivity contribution is 7.80. The van der Waals surface area contributed by atoms with Crippen molar-refractivity contribution < 1.29 is 13.6 Å². The van der Waals surface area contributed by atoms with Crippen LogP contribution in [0.5, 0.6) is 0 Å². The molecule has 2 aromatic carbocycles. The van der Waals surface area contributed by atoms with E-state index in [9.17, 15) is 9.18 Å². The molecule has 1 saturated heterocycles. The van der Waals surface area contributed by atoms with Crippen LogP contribution in [0.2, 0.25) is 0 Å². The van der Waals surface area contributed by atoms with Gasteiger partial charge in [-0.25, -0.2) is 4.39 Å². The zero-order chi connectivity index (χ0) is 24.2. The molecule has 176 valence electrons. The van der Waals surface area contributed by atoms with Crippen molar-refractivity contribution in [2.75, 3.05) is 11.9 Å². The SMILES string of the molecule is O=C(CCN1C(=S)N[C@H](c2ccccn2)[C@H]1c1ccc(-c2ccc(F)cc2)o1)Nc1ccccc1. The number of hydrogen-bond donors (Lipinski definition) is 2. The van der Waals surface area contributed by atoms with Gasteiger partial charge in [0, 0.05) is 30.4 Å². The predicted molar refractivity (Wildman–Crippen MR) is 136 cm³/mol. The number of thiocarbonyl (C=S) groups is 1. The van der Waals surface area contributed by atoms with E-state index in [2.05, 4.69) is 15.6 Å². The highest BCUT2D eigenvalue weighted by Crippen LogP contribution is 2.40. The van der Waals surface area contributed by atoms with Gasteiger partial charge in [-0.05, 0) is 72.9 Å². The van der Waals surface area contributed by atoms with E-state index in [0.29, 0.717) is 23.2 Å². The molecule has 1 aliphatic heterocycles. The summed E-state index contributed by atoms with van der Waals surface area (Å²) in [5.41, 5.74) is 2.34. The van der Waals surface area contributed by atoms with Crippen LogP contribution in [0.3, 0.4) is 0 Å². The van der Waals surface area contributed by atoms with Crippen molar-refractivity contribution in [2.24, 2.45) is 0 Å². The highest BCUT2D eigenvalue weighted by atomic mass is 32.1. The number of nitrogens with one attached hydrogen (secondary N) is 2. The Morgan fingerprint density at radius 2 is 1.80 bits per heavy atom. The van der Waals surface area contributed by atoms with Crippen LogP contribution >= 0.6 is 12.2 Å². The molecule has 0 aliphatic carbocycles. The number of rotatable bonds is 7. The lowest BCUT2D eigenvalue weighted by Gasteiger charge is -2.25. The van der Waals surface area contributed by atoms with Gasteiger partial charge in [0.15, 0.2) is 5.11 Å². The smallest absolute Gasteiger partial charge is 0.226 e. The fourth-order valence-electron chi connectivity index (χ4n) is 4.20. The lowest BCUT2D eigenvalue weighted by Crippen LogP contribution is -2.32. The molecule has 3 heterocycles. The molecular weight excluding hydrogens is 463 g/mol. The molecule has 0 unspecified atom stereocenters. The average Bonchev–Trinajstić information content (AvgIpc) is 3.49. The fraction of sp³-hybridized carbons (Fsp3) is 0.148. The fourth-order valence-corrected chi connectivity index (χ4v) is 4.54. The highest BCUT2D eigenvalue weighted by Gasteiger charge is 2.41. The first kappa shape index (κ1) is 22.7. The number of anilines is 1. The van der Waals surface area contributed by atoms with Crippen molar-refractivity contribution >= 4 is 28.9 Å². The molecule has 2 aromatic heterocycles. The molecule has 6 nitrogen and oxygen atoms in total. The van der Waals surface area contributed by atoms with Gasteiger partial charge in [-0.1, -0.05) is 24.3 Å². The number of amides is 1. The minimum Gasteiger partial charge on any atom is -0.459 e. The lowest BCUT2D eigenvalue weighted by molar-refractivity contribution is -0.116. The molecule has 2 N–H and O–H groups in total. The summed E-state index contributed by atoms with van der Waals surface area (Å²) in [6.45, 7) is 0.394. The first-order valence-electron chi connectivity index (χ1n) is 11.3. The third kappa shape index (κ3) is 5.07. The summed E-state index contributed by atoms with van der Waals surface area (Å²) in [5, 5.41) is 6.79. The minimum absolute atomic E-state index is 0.106. The number of halogens is 1. The van der Waals surface area contributed by atoms with Crippen molar-refractivity contribution in [3.63, 3.8) is 0 Å². The van der Waals surface area contributed by atoms with Gasteiger partial charge >= 0.3 is 0 Å². The summed E-state index contributed by atoms with van der Waals surface area (Å²) in [6, 6.07) is 24.4. The van der Waals surface area contributed by atoms with Crippen LogP contribution in [0.4, 0.5) is 10.1 Å². The van der Waals surface area contributed by atoms with Crippen molar-refractivity contribution in [1.82, 2.24) is 15.2 Å². The number of aromatic nitrogens is 1. The molecule has 0 saturated carbocycles. The Bertz CT molecular complexity index is 1310. The first-order chi connectivity index (χ1) is 17.1. The molecule has 1 fully saturated rings. The number of para-hydroxylation sites is 1. The van der Waals surface area contributed by atoms with E-state index in [0.717, 1.165) is 16.9 Å². The van der Waals surface area contributed by atoms with Crippen LogP contribution in [-0.4, -0.2) is 27.4 Å². The van der Waals surface area contributed by atoms with Gasteiger partial charge in [-0.3, -0.25) is 9.78 Å². The van der Waals surface area contributed by atoms with Gasteiger partial charge in [0.05, 0.1) is 11.7 Å². The molecule has 0 spiro atoms. The Hall–Kier alpha value is -4.04. The normalized spacial score (nSPS) is 17.3. The molecule has 0 bridgehead atoms. The monoisotopic (exact) mass is 486 g/mol. The van der Waals surface area contributed by atoms with E-state index >= 15 is 0 Å². The van der Waals surface area contributed by atoms with Crippen LogP contribution in [0.15, 0.2) is 95.5 Å². The number of nitrogens with zero attached hydrogens (tertiary/aromatic N) is 2. The van der Waals surface area contributed by atoms with E-state index < -0.39 is 0 Å². The lowest BCUT2D eigenvalue weighted by atomic mass is 10.0. The quantitative estimate of drug-likeness (QED) is 0.337. The Labute approximate surface area is 207 Å². The second-order valence-electron chi connectivity index (χ2n) is 8.19. The maximum Gasteiger partial charge on any atom is 0.226 e. The van der Waals surface area contributed by atoms with E-state index in [4.69, 9.17) is 16.6 Å². The standard InChI is InChI=1S/C27H23FN4O2S/c28-19-11-9-18(10-12-19)22-13-14-23(34-22)26-25(21-8-4-5-16-29-21)31-27(35)32(26)17-15-24(33)30-20-6-2-1-3-7-20/h1-14,16,25-26H,15,17H2,(H,30,33)(H,31,35)/t25-,26-/m1/s1. The summed E-state index contributed by atoms with van der Waals surface area (Å²) < 4.78 is 19.6. The molecule has 4 aromatic rings. The average molecular weight is 487 g/mol. The number of benzene rings is 2. The molecule has 8 heteroatoms. The Morgan fingerprint density at radius 3 is 2.54 bits per heavy atom. The predicted octanol–water partition coefficient (Wildman–Crippen LogP) is 5.48. The van der Waals surface area contributed by atoms with E-state index in [1.165, 1.54) is 12.1 Å². The summed E-state index contributed by atoms with van der Waals surface area (Å²) >= 11 is 5.66. The maximum absolute atomic E-state index is 13.4. The number of carbonyl (C=O) groups is 1. The first-order valence-corrected chi connectivity index (χ1v) is 11.7. The van der Waals surface area contributed by atoms with Crippen LogP contribution < -0.4 is 10.6 Å². The summed E-state index contributed by atoms with van der Waals surface area (Å²) in [5.74, 6) is 0.890. The molecule has 1 aliphatic rings. The van der Waals surface area contributed by atoms with Gasteiger partial charge < -0.3 is 20.0 Å². The van der Waals surface area contributed by atoms with Crippen LogP contribution in [0, 0.1) is 5.82 Å². The topological polar surface area (TPSA) is 70.4 Å².